The Kier molecular flexibility index (Phi) is 3.15. The summed E-state index contributed by atoms with van der Waals surface area (Å²) in [5.74, 6) is -0.0317. The Morgan fingerprint density at radius 2 is 2.06 bits per heavy atom. The number of nitriles is 1. The molecule has 16 heavy (non-hydrogen) atoms. The van der Waals surface area contributed by atoms with Gasteiger partial charge in [-0.25, -0.2) is 0 Å². The van der Waals surface area contributed by atoms with Crippen LogP contribution in [0.2, 0.25) is 0 Å². The molecule has 0 unspecified atom stereocenters. The third-order valence-corrected chi connectivity index (χ3v) is 3.91. The molecule has 1 aliphatic heterocycles. The summed E-state index contributed by atoms with van der Waals surface area (Å²) < 4.78 is 0. The number of amides is 1. The highest BCUT2D eigenvalue weighted by Crippen LogP contribution is 2.40. The van der Waals surface area contributed by atoms with Crippen molar-refractivity contribution in [3.05, 3.63) is 0 Å². The van der Waals surface area contributed by atoms with E-state index in [1.807, 2.05) is 0 Å². The first-order valence-electron chi connectivity index (χ1n) is 6.07. The van der Waals surface area contributed by atoms with Crippen LogP contribution in [0.5, 0.6) is 0 Å². The molecular weight excluding hydrogens is 202 g/mol. The summed E-state index contributed by atoms with van der Waals surface area (Å²) >= 11 is 0. The largest absolute Gasteiger partial charge is 0.352 e. The summed E-state index contributed by atoms with van der Waals surface area (Å²) in [5, 5.41) is 12.1. The lowest BCUT2D eigenvalue weighted by Gasteiger charge is -2.36. The summed E-state index contributed by atoms with van der Waals surface area (Å²) in [5.41, 5.74) is -0.691. The van der Waals surface area contributed by atoms with Gasteiger partial charge in [-0.2, -0.15) is 5.26 Å². The van der Waals surface area contributed by atoms with E-state index in [1.165, 1.54) is 0 Å². The topological polar surface area (TPSA) is 56.1 Å². The number of hydrogen-bond acceptors (Lipinski definition) is 3. The van der Waals surface area contributed by atoms with E-state index < -0.39 is 5.41 Å². The molecule has 1 saturated carbocycles. The molecule has 1 N–H and O–H groups in total. The fraction of sp³-hybridized carbons (Fsp3) is 0.833. The molecular formula is C12H19N3O. The van der Waals surface area contributed by atoms with Crippen LogP contribution in [0.1, 0.15) is 32.1 Å². The van der Waals surface area contributed by atoms with Crippen LogP contribution in [0, 0.1) is 16.7 Å². The second kappa shape index (κ2) is 4.42. The van der Waals surface area contributed by atoms with E-state index in [-0.39, 0.29) is 11.9 Å². The number of nitrogens with zero attached hydrogens (tertiary/aromatic N) is 2. The molecule has 0 radical (unpaired) electrons. The molecule has 1 amide bonds. The molecule has 2 fully saturated rings. The van der Waals surface area contributed by atoms with Gasteiger partial charge in [-0.15, -0.1) is 0 Å². The van der Waals surface area contributed by atoms with Crippen LogP contribution >= 0.6 is 0 Å². The average molecular weight is 221 g/mol. The smallest absolute Gasteiger partial charge is 0.240 e. The molecule has 0 bridgehead atoms. The molecule has 0 aromatic heterocycles. The van der Waals surface area contributed by atoms with Crippen molar-refractivity contribution >= 4 is 5.91 Å². The first kappa shape index (κ1) is 11.4. The van der Waals surface area contributed by atoms with Gasteiger partial charge in [-0.3, -0.25) is 4.79 Å². The minimum absolute atomic E-state index is 0.0317. The Balaban J connectivity index is 1.86. The van der Waals surface area contributed by atoms with E-state index in [0.717, 1.165) is 45.2 Å². The number of rotatable bonds is 2. The van der Waals surface area contributed by atoms with Gasteiger partial charge >= 0.3 is 0 Å². The second-order valence-electron chi connectivity index (χ2n) is 5.10. The first-order chi connectivity index (χ1) is 7.66. The third kappa shape index (κ3) is 2.05. The predicted molar refractivity (Wildman–Crippen MR) is 60.6 cm³/mol. The number of nitrogens with one attached hydrogen (secondary N) is 1. The molecule has 88 valence electrons. The lowest BCUT2D eigenvalue weighted by Crippen LogP contribution is -2.51. The molecule has 2 rings (SSSR count). The highest BCUT2D eigenvalue weighted by molar-refractivity contribution is 5.86. The Morgan fingerprint density at radius 1 is 1.44 bits per heavy atom. The lowest BCUT2D eigenvalue weighted by molar-refractivity contribution is -0.132. The summed E-state index contributed by atoms with van der Waals surface area (Å²) in [6.45, 7) is 2.06. The number of piperidine rings is 1. The van der Waals surface area contributed by atoms with Crippen LogP contribution < -0.4 is 5.32 Å². The van der Waals surface area contributed by atoms with Gasteiger partial charge in [0, 0.05) is 6.04 Å². The Morgan fingerprint density at radius 3 is 2.50 bits per heavy atom. The molecule has 1 saturated heterocycles. The maximum absolute atomic E-state index is 12.0. The van der Waals surface area contributed by atoms with E-state index in [9.17, 15) is 4.79 Å². The zero-order chi connectivity index (χ0) is 11.6. The summed E-state index contributed by atoms with van der Waals surface area (Å²) in [6.07, 6.45) is 4.49. The van der Waals surface area contributed by atoms with Crippen LogP contribution in [-0.4, -0.2) is 37.0 Å². The zero-order valence-corrected chi connectivity index (χ0v) is 9.83. The van der Waals surface area contributed by atoms with Crippen molar-refractivity contribution in [2.45, 2.75) is 38.1 Å². The SMILES string of the molecule is CN1CCC(NC(=O)C2(C#N)CCC2)CC1. The number of likely N-dealkylation sites (tertiary alicyclic amines) is 1. The van der Waals surface area contributed by atoms with Crippen molar-refractivity contribution in [1.82, 2.24) is 10.2 Å². The number of carbonyl (C=O) groups is 1. The highest BCUT2D eigenvalue weighted by Gasteiger charge is 2.45. The minimum Gasteiger partial charge on any atom is -0.352 e. The van der Waals surface area contributed by atoms with Crippen molar-refractivity contribution in [1.29, 1.82) is 5.26 Å². The monoisotopic (exact) mass is 221 g/mol. The van der Waals surface area contributed by atoms with Crippen LogP contribution in [0.15, 0.2) is 0 Å². The van der Waals surface area contributed by atoms with Crippen LogP contribution in [0.25, 0.3) is 0 Å². The van der Waals surface area contributed by atoms with Gasteiger partial charge in [0.2, 0.25) is 5.91 Å². The third-order valence-electron chi connectivity index (χ3n) is 3.91. The van der Waals surface area contributed by atoms with E-state index in [1.54, 1.807) is 0 Å². The quantitative estimate of drug-likeness (QED) is 0.753. The standard InChI is InChI=1S/C12H19N3O/c1-15-7-3-10(4-8-15)14-11(16)12(9-13)5-2-6-12/h10H,2-8H2,1H3,(H,14,16). The Bertz CT molecular complexity index is 309. The van der Waals surface area contributed by atoms with E-state index in [4.69, 9.17) is 5.26 Å². The first-order valence-corrected chi connectivity index (χ1v) is 6.07. The van der Waals surface area contributed by atoms with Gasteiger partial charge in [-0.05, 0) is 52.2 Å². The molecule has 4 nitrogen and oxygen atoms in total. The summed E-state index contributed by atoms with van der Waals surface area (Å²) in [4.78, 5) is 14.3. The fourth-order valence-corrected chi connectivity index (χ4v) is 2.40. The highest BCUT2D eigenvalue weighted by atomic mass is 16.2. The minimum atomic E-state index is -0.691. The maximum Gasteiger partial charge on any atom is 0.240 e. The Hall–Kier alpha value is -1.08. The van der Waals surface area contributed by atoms with Crippen LogP contribution in [0.4, 0.5) is 0 Å². The van der Waals surface area contributed by atoms with Crippen molar-refractivity contribution in [3.8, 4) is 6.07 Å². The van der Waals surface area contributed by atoms with Crippen molar-refractivity contribution < 1.29 is 4.79 Å². The maximum atomic E-state index is 12.0. The summed E-state index contributed by atoms with van der Waals surface area (Å²) in [6, 6.07) is 2.46. The number of hydrogen-bond donors (Lipinski definition) is 1. The second-order valence-corrected chi connectivity index (χ2v) is 5.10. The van der Waals surface area contributed by atoms with Gasteiger partial charge in [0.05, 0.1) is 6.07 Å². The molecule has 0 aromatic carbocycles. The van der Waals surface area contributed by atoms with E-state index in [0.29, 0.717) is 0 Å². The molecule has 0 atom stereocenters. The van der Waals surface area contributed by atoms with Crippen LogP contribution in [-0.2, 0) is 4.79 Å². The molecule has 4 heteroatoms. The zero-order valence-electron chi connectivity index (χ0n) is 9.83. The van der Waals surface area contributed by atoms with Crippen molar-refractivity contribution in [3.63, 3.8) is 0 Å². The van der Waals surface area contributed by atoms with E-state index in [2.05, 4.69) is 23.3 Å². The molecule has 0 spiro atoms. The molecule has 1 heterocycles. The molecule has 1 aliphatic carbocycles. The fourth-order valence-electron chi connectivity index (χ4n) is 2.40. The van der Waals surface area contributed by atoms with Gasteiger partial charge in [-0.1, -0.05) is 0 Å². The van der Waals surface area contributed by atoms with Gasteiger partial charge in [0.25, 0.3) is 0 Å². The van der Waals surface area contributed by atoms with E-state index >= 15 is 0 Å². The number of carbonyl (C=O) groups excluding carboxylic acids is 1. The van der Waals surface area contributed by atoms with Gasteiger partial charge < -0.3 is 10.2 Å². The predicted octanol–water partition coefficient (Wildman–Crippen LogP) is 0.891. The molecule has 2 aliphatic rings. The van der Waals surface area contributed by atoms with Gasteiger partial charge in [0.15, 0.2) is 0 Å². The molecule has 0 aromatic rings. The lowest BCUT2D eigenvalue weighted by atomic mass is 9.69. The van der Waals surface area contributed by atoms with Crippen LogP contribution in [0.3, 0.4) is 0 Å². The normalized spacial score (nSPS) is 25.5. The Labute approximate surface area is 96.6 Å². The average Bonchev–Trinajstić information content (AvgIpc) is 2.21. The van der Waals surface area contributed by atoms with Gasteiger partial charge in [0.1, 0.15) is 5.41 Å². The van der Waals surface area contributed by atoms with Crippen molar-refractivity contribution in [2.24, 2.45) is 5.41 Å². The van der Waals surface area contributed by atoms with Crippen molar-refractivity contribution in [2.75, 3.05) is 20.1 Å². The summed E-state index contributed by atoms with van der Waals surface area (Å²) in [7, 11) is 2.10.